The highest BCUT2D eigenvalue weighted by atomic mass is 16.4. The summed E-state index contributed by atoms with van der Waals surface area (Å²) in [6, 6.07) is -1.39. The molecule has 5 nitrogen and oxygen atoms in total. The Morgan fingerprint density at radius 1 is 1.12 bits per heavy atom. The van der Waals surface area contributed by atoms with Gasteiger partial charge in [-0.3, -0.25) is 9.59 Å². The molecular formula is C11H22N2O3. The average molecular weight is 230 g/mol. The molecule has 0 aromatic rings. The Morgan fingerprint density at radius 3 is 1.94 bits per heavy atom. The molecule has 0 fully saturated rings. The maximum Gasteiger partial charge on any atom is 0.320 e. The van der Waals surface area contributed by atoms with Gasteiger partial charge in [0.15, 0.2) is 5.78 Å². The van der Waals surface area contributed by atoms with Crippen molar-refractivity contribution in [1.82, 2.24) is 0 Å². The number of carboxylic acid groups (broad SMARTS) is 1. The number of hydrogen-bond donors (Lipinski definition) is 3. The minimum Gasteiger partial charge on any atom is -0.480 e. The van der Waals surface area contributed by atoms with Crippen molar-refractivity contribution in [2.45, 2.75) is 52.1 Å². The molecule has 0 amide bonds. The third-order valence-electron chi connectivity index (χ3n) is 2.42. The quantitative estimate of drug-likeness (QED) is 0.616. The molecule has 1 unspecified atom stereocenters. The van der Waals surface area contributed by atoms with Gasteiger partial charge in [-0.2, -0.15) is 0 Å². The van der Waals surface area contributed by atoms with Gasteiger partial charge in [0, 0.05) is 5.41 Å². The van der Waals surface area contributed by atoms with E-state index in [4.69, 9.17) is 16.6 Å². The van der Waals surface area contributed by atoms with E-state index < -0.39 is 23.5 Å². The molecule has 0 bridgehead atoms. The number of nitrogens with two attached hydrogens (primary N) is 2. The van der Waals surface area contributed by atoms with Crippen molar-refractivity contribution < 1.29 is 14.7 Å². The summed E-state index contributed by atoms with van der Waals surface area (Å²) >= 11 is 0. The zero-order chi connectivity index (χ0) is 12.9. The van der Waals surface area contributed by atoms with E-state index in [1.807, 2.05) is 20.8 Å². The lowest BCUT2D eigenvalue weighted by Gasteiger charge is -2.21. The lowest BCUT2D eigenvalue weighted by molar-refractivity contribution is -0.138. The minimum atomic E-state index is -1.02. The van der Waals surface area contributed by atoms with Crippen LogP contribution in [-0.2, 0) is 9.59 Å². The van der Waals surface area contributed by atoms with Crippen molar-refractivity contribution in [3.63, 3.8) is 0 Å². The molecule has 0 saturated heterocycles. The fraction of sp³-hybridized carbons (Fsp3) is 0.818. The molecule has 5 N–H and O–H groups in total. The van der Waals surface area contributed by atoms with Crippen LogP contribution in [0.3, 0.4) is 0 Å². The topological polar surface area (TPSA) is 106 Å². The van der Waals surface area contributed by atoms with Gasteiger partial charge in [-0.15, -0.1) is 0 Å². The molecule has 0 aliphatic heterocycles. The van der Waals surface area contributed by atoms with E-state index >= 15 is 0 Å². The van der Waals surface area contributed by atoms with E-state index in [1.54, 1.807) is 0 Å². The molecule has 0 saturated carbocycles. The summed E-state index contributed by atoms with van der Waals surface area (Å²) in [4.78, 5) is 22.1. The van der Waals surface area contributed by atoms with Crippen LogP contribution in [0.4, 0.5) is 0 Å². The van der Waals surface area contributed by atoms with Crippen LogP contribution in [0.15, 0.2) is 0 Å². The molecular weight excluding hydrogens is 208 g/mol. The van der Waals surface area contributed by atoms with Gasteiger partial charge in [-0.25, -0.2) is 0 Å². The van der Waals surface area contributed by atoms with Gasteiger partial charge >= 0.3 is 5.97 Å². The Balaban J connectivity index is 3.95. The van der Waals surface area contributed by atoms with Crippen LogP contribution < -0.4 is 11.5 Å². The van der Waals surface area contributed by atoms with E-state index in [0.29, 0.717) is 19.3 Å². The Kier molecular flexibility index (Phi) is 5.61. The number of carboxylic acids is 1. The zero-order valence-corrected chi connectivity index (χ0v) is 10.2. The van der Waals surface area contributed by atoms with E-state index in [2.05, 4.69) is 0 Å². The van der Waals surface area contributed by atoms with Gasteiger partial charge in [0.25, 0.3) is 0 Å². The van der Waals surface area contributed by atoms with Crippen LogP contribution in [0, 0.1) is 5.41 Å². The van der Waals surface area contributed by atoms with Crippen LogP contribution in [0.1, 0.15) is 40.0 Å². The van der Waals surface area contributed by atoms with Gasteiger partial charge < -0.3 is 16.6 Å². The molecule has 0 rings (SSSR count). The summed E-state index contributed by atoms with van der Waals surface area (Å²) in [5, 5.41) is 8.56. The summed E-state index contributed by atoms with van der Waals surface area (Å²) in [5.74, 6) is -1.02. The van der Waals surface area contributed by atoms with Crippen LogP contribution in [-0.4, -0.2) is 28.9 Å². The zero-order valence-electron chi connectivity index (χ0n) is 10.2. The molecule has 0 aliphatic rings. The third kappa shape index (κ3) is 5.23. The summed E-state index contributed by atoms with van der Waals surface area (Å²) in [6.45, 7) is 5.45. The standard InChI is InChI=1S/C11H22N2O3/c1-11(2,3)9(14)7(12)5-4-6-8(13)10(15)16/h7-8H,4-6,12-13H2,1-3H3,(H,15,16)/t7?,8-/m0/s1. The third-order valence-corrected chi connectivity index (χ3v) is 2.42. The highest BCUT2D eigenvalue weighted by Gasteiger charge is 2.26. The van der Waals surface area contributed by atoms with E-state index in [1.165, 1.54) is 0 Å². The molecule has 0 aromatic carbocycles. The smallest absolute Gasteiger partial charge is 0.320 e. The molecule has 2 atom stereocenters. The van der Waals surface area contributed by atoms with Gasteiger partial charge in [0.2, 0.25) is 0 Å². The van der Waals surface area contributed by atoms with Crippen LogP contribution in [0.5, 0.6) is 0 Å². The van der Waals surface area contributed by atoms with Crippen molar-refractivity contribution in [3.8, 4) is 0 Å². The predicted molar refractivity (Wildman–Crippen MR) is 61.9 cm³/mol. The highest BCUT2D eigenvalue weighted by molar-refractivity contribution is 5.88. The Morgan fingerprint density at radius 2 is 1.56 bits per heavy atom. The molecule has 16 heavy (non-hydrogen) atoms. The summed E-state index contributed by atoms with van der Waals surface area (Å²) < 4.78 is 0. The SMILES string of the molecule is CC(C)(C)C(=O)C(N)CCC[C@H](N)C(=O)O. The number of carbonyl (C=O) groups excluding carboxylic acids is 1. The van der Waals surface area contributed by atoms with Gasteiger partial charge in [0.1, 0.15) is 6.04 Å². The molecule has 0 radical (unpaired) electrons. The number of Topliss-reactive ketones (excluding diaryl/α,β-unsaturated/α-hetero) is 1. The summed E-state index contributed by atoms with van der Waals surface area (Å²) in [6.07, 6.45) is 1.38. The summed E-state index contributed by atoms with van der Waals surface area (Å²) in [5.41, 5.74) is 10.6. The monoisotopic (exact) mass is 230 g/mol. The fourth-order valence-corrected chi connectivity index (χ4v) is 1.37. The largest absolute Gasteiger partial charge is 0.480 e. The average Bonchev–Trinajstić information content (AvgIpc) is 2.14. The van der Waals surface area contributed by atoms with Gasteiger partial charge in [0.05, 0.1) is 6.04 Å². The first kappa shape index (κ1) is 15.1. The molecule has 0 heterocycles. The van der Waals surface area contributed by atoms with Crippen LogP contribution in [0.25, 0.3) is 0 Å². The predicted octanol–water partition coefficient (Wildman–Crippen LogP) is 0.511. The van der Waals surface area contributed by atoms with Gasteiger partial charge in [-0.05, 0) is 19.3 Å². The molecule has 0 aromatic heterocycles. The normalized spacial score (nSPS) is 15.6. The van der Waals surface area contributed by atoms with Crippen LogP contribution >= 0.6 is 0 Å². The van der Waals surface area contributed by atoms with E-state index in [-0.39, 0.29) is 5.78 Å². The number of ketones is 1. The molecule has 0 spiro atoms. The van der Waals surface area contributed by atoms with E-state index in [0.717, 1.165) is 0 Å². The van der Waals surface area contributed by atoms with Crippen molar-refractivity contribution in [2.75, 3.05) is 0 Å². The van der Waals surface area contributed by atoms with Crippen molar-refractivity contribution >= 4 is 11.8 Å². The molecule has 0 aliphatic carbocycles. The Labute approximate surface area is 96.2 Å². The van der Waals surface area contributed by atoms with E-state index in [9.17, 15) is 9.59 Å². The number of carbonyl (C=O) groups is 2. The lowest BCUT2D eigenvalue weighted by atomic mass is 9.85. The number of rotatable bonds is 6. The summed E-state index contributed by atoms with van der Waals surface area (Å²) in [7, 11) is 0. The molecule has 94 valence electrons. The minimum absolute atomic E-state index is 0.00334. The number of aliphatic carboxylic acids is 1. The molecule has 5 heteroatoms. The maximum absolute atomic E-state index is 11.7. The first-order valence-electron chi connectivity index (χ1n) is 5.44. The first-order chi connectivity index (χ1) is 7.16. The fourth-order valence-electron chi connectivity index (χ4n) is 1.37. The first-order valence-corrected chi connectivity index (χ1v) is 5.44. The lowest BCUT2D eigenvalue weighted by Crippen LogP contribution is -2.39. The highest BCUT2D eigenvalue weighted by Crippen LogP contribution is 2.18. The Hall–Kier alpha value is -0.940. The Bertz CT molecular complexity index is 258. The van der Waals surface area contributed by atoms with Gasteiger partial charge in [-0.1, -0.05) is 20.8 Å². The second kappa shape index (κ2) is 5.96. The second-order valence-corrected chi connectivity index (χ2v) is 5.10. The number of hydrogen-bond acceptors (Lipinski definition) is 4. The maximum atomic E-state index is 11.7. The van der Waals surface area contributed by atoms with Crippen molar-refractivity contribution in [3.05, 3.63) is 0 Å². The second-order valence-electron chi connectivity index (χ2n) is 5.10. The van der Waals surface area contributed by atoms with Crippen molar-refractivity contribution in [1.29, 1.82) is 0 Å². The van der Waals surface area contributed by atoms with Crippen molar-refractivity contribution in [2.24, 2.45) is 16.9 Å². The van der Waals surface area contributed by atoms with Crippen LogP contribution in [0.2, 0.25) is 0 Å².